The zero-order valence-corrected chi connectivity index (χ0v) is 13.3. The van der Waals surface area contributed by atoms with Gasteiger partial charge in [-0.15, -0.1) is 0 Å². The standard InChI is InChI=1S/C17H15N3O2S/c1-22-17-15(3-2-5-19-17)16(21)20-9-12-7-14(10-18-8-12)13-4-6-23-11-13/h2-8,10-11H,9H2,1H3,(H,20,21). The second-order valence-electron chi connectivity index (χ2n) is 4.84. The lowest BCUT2D eigenvalue weighted by Crippen LogP contribution is -2.23. The van der Waals surface area contributed by atoms with E-state index < -0.39 is 0 Å². The number of thiophene rings is 1. The zero-order chi connectivity index (χ0) is 16.1. The molecule has 3 aromatic rings. The molecule has 0 aliphatic heterocycles. The van der Waals surface area contributed by atoms with Gasteiger partial charge in [0.05, 0.1) is 7.11 Å². The molecule has 0 bridgehead atoms. The molecule has 0 aromatic carbocycles. The molecule has 0 spiro atoms. The summed E-state index contributed by atoms with van der Waals surface area (Å²) >= 11 is 1.64. The number of hydrogen-bond donors (Lipinski definition) is 1. The molecule has 0 radical (unpaired) electrons. The van der Waals surface area contributed by atoms with Crippen molar-refractivity contribution in [2.75, 3.05) is 7.11 Å². The number of amides is 1. The molecule has 1 amide bonds. The van der Waals surface area contributed by atoms with Gasteiger partial charge in [0.2, 0.25) is 5.88 Å². The molecule has 3 heterocycles. The number of nitrogens with one attached hydrogen (secondary N) is 1. The molecule has 0 aliphatic carbocycles. The first-order valence-corrected chi connectivity index (χ1v) is 7.96. The Labute approximate surface area is 138 Å². The fourth-order valence-electron chi connectivity index (χ4n) is 2.17. The van der Waals surface area contributed by atoms with Crippen LogP contribution < -0.4 is 10.1 Å². The van der Waals surface area contributed by atoms with Gasteiger partial charge in [-0.05, 0) is 46.2 Å². The summed E-state index contributed by atoms with van der Waals surface area (Å²) in [5.74, 6) is 0.0889. The summed E-state index contributed by atoms with van der Waals surface area (Å²) in [4.78, 5) is 20.5. The third kappa shape index (κ3) is 3.54. The second-order valence-corrected chi connectivity index (χ2v) is 5.62. The van der Waals surface area contributed by atoms with E-state index in [4.69, 9.17) is 4.74 Å². The van der Waals surface area contributed by atoms with Crippen LogP contribution in [0, 0.1) is 0 Å². The normalized spacial score (nSPS) is 10.3. The zero-order valence-electron chi connectivity index (χ0n) is 12.5. The first kappa shape index (κ1) is 15.2. The predicted molar refractivity (Wildman–Crippen MR) is 89.5 cm³/mol. The van der Waals surface area contributed by atoms with Crippen LogP contribution in [0.4, 0.5) is 0 Å². The Bertz CT molecular complexity index is 803. The molecule has 3 rings (SSSR count). The maximum atomic E-state index is 12.3. The number of ether oxygens (including phenoxy) is 1. The number of aromatic nitrogens is 2. The van der Waals surface area contributed by atoms with Crippen molar-refractivity contribution >= 4 is 17.2 Å². The average Bonchev–Trinajstić information content (AvgIpc) is 3.14. The summed E-state index contributed by atoms with van der Waals surface area (Å²) in [6.07, 6.45) is 5.15. The highest BCUT2D eigenvalue weighted by Crippen LogP contribution is 2.22. The van der Waals surface area contributed by atoms with E-state index in [1.165, 1.54) is 7.11 Å². The molecule has 3 aromatic heterocycles. The lowest BCUT2D eigenvalue weighted by molar-refractivity contribution is 0.0947. The van der Waals surface area contributed by atoms with Crippen LogP contribution in [0.5, 0.6) is 5.88 Å². The van der Waals surface area contributed by atoms with Crippen LogP contribution in [-0.4, -0.2) is 23.0 Å². The Kier molecular flexibility index (Phi) is 4.63. The van der Waals surface area contributed by atoms with E-state index in [2.05, 4.69) is 20.7 Å². The molecule has 5 nitrogen and oxygen atoms in total. The minimum absolute atomic E-state index is 0.226. The van der Waals surface area contributed by atoms with Crippen molar-refractivity contribution in [3.63, 3.8) is 0 Å². The molecule has 0 unspecified atom stereocenters. The molecule has 0 aliphatic rings. The Morgan fingerprint density at radius 1 is 1.30 bits per heavy atom. The van der Waals surface area contributed by atoms with Gasteiger partial charge in [0.15, 0.2) is 0 Å². The minimum atomic E-state index is -0.226. The number of methoxy groups -OCH3 is 1. The van der Waals surface area contributed by atoms with Gasteiger partial charge in [-0.3, -0.25) is 9.78 Å². The first-order valence-electron chi connectivity index (χ1n) is 7.01. The smallest absolute Gasteiger partial charge is 0.257 e. The van der Waals surface area contributed by atoms with Crippen molar-refractivity contribution in [1.29, 1.82) is 0 Å². The number of pyridine rings is 2. The van der Waals surface area contributed by atoms with E-state index in [1.807, 2.05) is 23.7 Å². The van der Waals surface area contributed by atoms with Crippen molar-refractivity contribution in [2.24, 2.45) is 0 Å². The van der Waals surface area contributed by atoms with E-state index in [-0.39, 0.29) is 5.91 Å². The third-order valence-electron chi connectivity index (χ3n) is 3.31. The minimum Gasteiger partial charge on any atom is -0.480 e. The van der Waals surface area contributed by atoms with Crippen LogP contribution in [0.1, 0.15) is 15.9 Å². The summed E-state index contributed by atoms with van der Waals surface area (Å²) in [6.45, 7) is 0.391. The Morgan fingerprint density at radius 2 is 2.22 bits per heavy atom. The first-order chi connectivity index (χ1) is 11.3. The molecule has 116 valence electrons. The highest BCUT2D eigenvalue weighted by molar-refractivity contribution is 7.08. The number of nitrogens with zero attached hydrogens (tertiary/aromatic N) is 2. The van der Waals surface area contributed by atoms with E-state index in [9.17, 15) is 4.79 Å². The van der Waals surface area contributed by atoms with E-state index in [0.717, 1.165) is 16.7 Å². The topological polar surface area (TPSA) is 64.1 Å². The van der Waals surface area contributed by atoms with E-state index >= 15 is 0 Å². The summed E-state index contributed by atoms with van der Waals surface area (Å²) in [7, 11) is 1.49. The molecule has 6 heteroatoms. The largest absolute Gasteiger partial charge is 0.480 e. The maximum Gasteiger partial charge on any atom is 0.257 e. The number of carbonyl (C=O) groups excluding carboxylic acids is 1. The molecule has 0 saturated carbocycles. The van der Waals surface area contributed by atoms with Gasteiger partial charge < -0.3 is 10.1 Å². The summed E-state index contributed by atoms with van der Waals surface area (Å²) < 4.78 is 5.10. The molecule has 0 fully saturated rings. The van der Waals surface area contributed by atoms with Crippen LogP contribution in [0.25, 0.3) is 11.1 Å². The molecule has 1 N–H and O–H groups in total. The van der Waals surface area contributed by atoms with Crippen LogP contribution in [0.3, 0.4) is 0 Å². The van der Waals surface area contributed by atoms with Crippen molar-refractivity contribution in [3.8, 4) is 17.0 Å². The average molecular weight is 325 g/mol. The molecular weight excluding hydrogens is 310 g/mol. The van der Waals surface area contributed by atoms with Crippen LogP contribution in [0.2, 0.25) is 0 Å². The van der Waals surface area contributed by atoms with Gasteiger partial charge in [-0.1, -0.05) is 0 Å². The number of rotatable bonds is 5. The van der Waals surface area contributed by atoms with Gasteiger partial charge in [-0.2, -0.15) is 11.3 Å². The molecule has 23 heavy (non-hydrogen) atoms. The lowest BCUT2D eigenvalue weighted by Gasteiger charge is -2.08. The van der Waals surface area contributed by atoms with Crippen molar-refractivity contribution in [1.82, 2.24) is 15.3 Å². The van der Waals surface area contributed by atoms with Gasteiger partial charge in [0.25, 0.3) is 5.91 Å². The van der Waals surface area contributed by atoms with Crippen molar-refractivity contribution in [2.45, 2.75) is 6.54 Å². The molecule has 0 saturated heterocycles. The number of carbonyl (C=O) groups is 1. The van der Waals surface area contributed by atoms with Crippen LogP contribution >= 0.6 is 11.3 Å². The van der Waals surface area contributed by atoms with Gasteiger partial charge in [0.1, 0.15) is 5.56 Å². The Morgan fingerprint density at radius 3 is 3.00 bits per heavy atom. The lowest BCUT2D eigenvalue weighted by atomic mass is 10.1. The highest BCUT2D eigenvalue weighted by atomic mass is 32.1. The monoisotopic (exact) mass is 325 g/mol. The maximum absolute atomic E-state index is 12.3. The van der Waals surface area contributed by atoms with Gasteiger partial charge in [0, 0.05) is 30.7 Å². The van der Waals surface area contributed by atoms with E-state index in [0.29, 0.717) is 18.0 Å². The Hall–Kier alpha value is -2.73. The molecule has 0 atom stereocenters. The van der Waals surface area contributed by atoms with E-state index in [1.54, 1.807) is 35.9 Å². The van der Waals surface area contributed by atoms with Crippen molar-refractivity contribution in [3.05, 3.63) is 64.7 Å². The SMILES string of the molecule is COc1ncccc1C(=O)NCc1cncc(-c2ccsc2)c1. The van der Waals surface area contributed by atoms with Gasteiger partial charge in [-0.25, -0.2) is 4.98 Å². The third-order valence-corrected chi connectivity index (χ3v) is 3.99. The van der Waals surface area contributed by atoms with Crippen LogP contribution in [-0.2, 0) is 6.54 Å². The summed E-state index contributed by atoms with van der Waals surface area (Å²) in [5.41, 5.74) is 3.52. The number of hydrogen-bond acceptors (Lipinski definition) is 5. The highest BCUT2D eigenvalue weighted by Gasteiger charge is 2.12. The summed E-state index contributed by atoms with van der Waals surface area (Å²) in [5, 5.41) is 6.96. The predicted octanol–water partition coefficient (Wildman–Crippen LogP) is 3.14. The summed E-state index contributed by atoms with van der Waals surface area (Å²) in [6, 6.07) is 7.46. The van der Waals surface area contributed by atoms with Crippen LogP contribution in [0.15, 0.2) is 53.6 Å². The fourth-order valence-corrected chi connectivity index (χ4v) is 2.84. The van der Waals surface area contributed by atoms with Gasteiger partial charge >= 0.3 is 0 Å². The molecular formula is C17H15N3O2S. The Balaban J connectivity index is 1.71. The fraction of sp³-hybridized carbons (Fsp3) is 0.118. The quantitative estimate of drug-likeness (QED) is 0.783. The van der Waals surface area contributed by atoms with Crippen molar-refractivity contribution < 1.29 is 9.53 Å². The second kappa shape index (κ2) is 7.02.